The maximum atomic E-state index is 12.9. The van der Waals surface area contributed by atoms with Gasteiger partial charge in [0.2, 0.25) is 11.8 Å². The van der Waals surface area contributed by atoms with Gasteiger partial charge in [-0.2, -0.15) is 0 Å². The Morgan fingerprint density at radius 3 is 2.50 bits per heavy atom. The molecule has 1 N–H and O–H groups in total. The maximum Gasteiger partial charge on any atom is 0.242 e. The Labute approximate surface area is 158 Å². The molecule has 0 aliphatic rings. The average Bonchev–Trinajstić information content (AvgIpc) is 2.65. The molecular formula is C20H23ClN2O3. The molecule has 5 nitrogen and oxygen atoms in total. The summed E-state index contributed by atoms with van der Waals surface area (Å²) < 4.78 is 5.24. The summed E-state index contributed by atoms with van der Waals surface area (Å²) in [5.41, 5.74) is 1.70. The van der Waals surface area contributed by atoms with Gasteiger partial charge in [0.05, 0.1) is 13.5 Å². The molecule has 0 bridgehead atoms. The molecule has 1 atom stereocenters. The van der Waals surface area contributed by atoms with Gasteiger partial charge < -0.3 is 15.0 Å². The maximum absolute atomic E-state index is 12.9. The number of carbonyl (C=O) groups is 2. The van der Waals surface area contributed by atoms with Crippen LogP contribution in [0.4, 0.5) is 0 Å². The number of halogens is 1. The van der Waals surface area contributed by atoms with E-state index in [9.17, 15) is 9.59 Å². The summed E-state index contributed by atoms with van der Waals surface area (Å²) in [4.78, 5) is 26.6. The van der Waals surface area contributed by atoms with Gasteiger partial charge in [0, 0.05) is 18.6 Å². The zero-order valence-electron chi connectivity index (χ0n) is 15.2. The first-order valence-electron chi connectivity index (χ1n) is 8.33. The number of hydrogen-bond acceptors (Lipinski definition) is 3. The lowest BCUT2D eigenvalue weighted by atomic mass is 10.1. The van der Waals surface area contributed by atoms with E-state index >= 15 is 0 Å². The molecule has 2 aromatic rings. The number of methoxy groups -OCH3 is 1. The first-order chi connectivity index (χ1) is 12.4. The monoisotopic (exact) mass is 374 g/mol. The summed E-state index contributed by atoms with van der Waals surface area (Å²) in [6.07, 6.45) is 0.172. The van der Waals surface area contributed by atoms with Crippen LogP contribution in [0.5, 0.6) is 5.75 Å². The summed E-state index contributed by atoms with van der Waals surface area (Å²) in [5, 5.41) is 3.18. The van der Waals surface area contributed by atoms with Crippen molar-refractivity contribution in [1.82, 2.24) is 10.2 Å². The van der Waals surface area contributed by atoms with Crippen molar-refractivity contribution < 1.29 is 14.3 Å². The molecule has 0 aromatic heterocycles. The predicted octanol–water partition coefficient (Wildman–Crippen LogP) is 3.05. The van der Waals surface area contributed by atoms with Crippen LogP contribution in [0.2, 0.25) is 5.02 Å². The molecule has 26 heavy (non-hydrogen) atoms. The molecule has 0 fully saturated rings. The molecule has 0 radical (unpaired) electrons. The van der Waals surface area contributed by atoms with Crippen molar-refractivity contribution in [2.24, 2.45) is 0 Å². The van der Waals surface area contributed by atoms with E-state index in [1.165, 1.54) is 0 Å². The zero-order valence-corrected chi connectivity index (χ0v) is 15.9. The summed E-state index contributed by atoms with van der Waals surface area (Å²) in [6.45, 7) is 2.03. The van der Waals surface area contributed by atoms with Crippen molar-refractivity contribution in [3.05, 3.63) is 64.7 Å². The van der Waals surface area contributed by atoms with Gasteiger partial charge in [0.25, 0.3) is 0 Å². The normalized spacial score (nSPS) is 11.5. The largest absolute Gasteiger partial charge is 0.497 e. The zero-order chi connectivity index (χ0) is 19.1. The number of hydrogen-bond donors (Lipinski definition) is 1. The van der Waals surface area contributed by atoms with Crippen molar-refractivity contribution in [2.75, 3.05) is 14.2 Å². The second-order valence-electron chi connectivity index (χ2n) is 5.97. The summed E-state index contributed by atoms with van der Waals surface area (Å²) in [7, 11) is 3.15. The minimum Gasteiger partial charge on any atom is -0.497 e. The standard InChI is InChI=1S/C20H23ClN2O3/c1-14(20(25)22-2)23(13-16-7-5-9-18(11-16)26-3)19(24)12-15-6-4-8-17(21)10-15/h4-11,14H,12-13H2,1-3H3,(H,22,25). The predicted molar refractivity (Wildman–Crippen MR) is 102 cm³/mol. The molecule has 6 heteroatoms. The van der Waals surface area contributed by atoms with E-state index in [1.54, 1.807) is 44.2 Å². The Morgan fingerprint density at radius 2 is 1.85 bits per heavy atom. The van der Waals surface area contributed by atoms with Crippen LogP contribution in [0, 0.1) is 0 Å². The number of nitrogens with zero attached hydrogens (tertiary/aromatic N) is 1. The third-order valence-corrected chi connectivity index (χ3v) is 4.38. The topological polar surface area (TPSA) is 58.6 Å². The number of likely N-dealkylation sites (N-methyl/N-ethyl adjacent to an activating group) is 1. The Kier molecular flexibility index (Phi) is 7.04. The summed E-state index contributed by atoms with van der Waals surface area (Å²) in [6, 6.07) is 14.0. The molecule has 1 unspecified atom stereocenters. The highest BCUT2D eigenvalue weighted by Gasteiger charge is 2.25. The number of carbonyl (C=O) groups excluding carboxylic acids is 2. The smallest absolute Gasteiger partial charge is 0.242 e. The molecule has 0 aliphatic heterocycles. The van der Waals surface area contributed by atoms with Crippen LogP contribution in [0.15, 0.2) is 48.5 Å². The average molecular weight is 375 g/mol. The molecule has 138 valence electrons. The van der Waals surface area contributed by atoms with E-state index < -0.39 is 6.04 Å². The highest BCUT2D eigenvalue weighted by molar-refractivity contribution is 6.30. The van der Waals surface area contributed by atoms with E-state index in [1.807, 2.05) is 30.3 Å². The number of nitrogens with one attached hydrogen (secondary N) is 1. The minimum absolute atomic E-state index is 0.147. The lowest BCUT2D eigenvalue weighted by Crippen LogP contribution is -2.47. The van der Waals surface area contributed by atoms with Gasteiger partial charge in [-0.05, 0) is 42.3 Å². The SMILES string of the molecule is CNC(=O)C(C)N(Cc1cccc(OC)c1)C(=O)Cc1cccc(Cl)c1. The van der Waals surface area contributed by atoms with Crippen molar-refractivity contribution in [2.45, 2.75) is 25.9 Å². The molecular weight excluding hydrogens is 352 g/mol. The van der Waals surface area contributed by atoms with E-state index in [4.69, 9.17) is 16.3 Å². The fourth-order valence-electron chi connectivity index (χ4n) is 2.68. The van der Waals surface area contributed by atoms with Crippen molar-refractivity contribution in [3.63, 3.8) is 0 Å². The lowest BCUT2D eigenvalue weighted by molar-refractivity contribution is -0.139. The first kappa shape index (κ1) is 19.8. The molecule has 2 amide bonds. The summed E-state index contributed by atoms with van der Waals surface area (Å²) in [5.74, 6) is 0.343. The van der Waals surface area contributed by atoms with E-state index in [-0.39, 0.29) is 18.2 Å². The van der Waals surface area contributed by atoms with Gasteiger partial charge in [-0.25, -0.2) is 0 Å². The molecule has 0 saturated carbocycles. The molecule has 0 aliphatic carbocycles. The van der Waals surface area contributed by atoms with E-state index in [0.717, 1.165) is 11.1 Å². The van der Waals surface area contributed by atoms with Crippen LogP contribution in [-0.4, -0.2) is 36.9 Å². The van der Waals surface area contributed by atoms with Crippen LogP contribution >= 0.6 is 11.6 Å². The third kappa shape index (κ3) is 5.23. The van der Waals surface area contributed by atoms with Crippen LogP contribution < -0.4 is 10.1 Å². The first-order valence-corrected chi connectivity index (χ1v) is 8.71. The minimum atomic E-state index is -0.599. The highest BCUT2D eigenvalue weighted by atomic mass is 35.5. The fraction of sp³-hybridized carbons (Fsp3) is 0.300. The molecule has 2 rings (SSSR count). The molecule has 0 saturated heterocycles. The number of amides is 2. The van der Waals surface area contributed by atoms with Gasteiger partial charge in [-0.15, -0.1) is 0 Å². The Balaban J connectivity index is 2.24. The third-order valence-electron chi connectivity index (χ3n) is 4.15. The van der Waals surface area contributed by atoms with Crippen LogP contribution in [-0.2, 0) is 22.6 Å². The second kappa shape index (κ2) is 9.25. The van der Waals surface area contributed by atoms with Gasteiger partial charge in [-0.1, -0.05) is 35.9 Å². The van der Waals surface area contributed by atoms with E-state index in [0.29, 0.717) is 17.3 Å². The van der Waals surface area contributed by atoms with Crippen molar-refractivity contribution >= 4 is 23.4 Å². The van der Waals surface area contributed by atoms with Gasteiger partial charge in [0.15, 0.2) is 0 Å². The van der Waals surface area contributed by atoms with Crippen LogP contribution in [0.25, 0.3) is 0 Å². The fourth-order valence-corrected chi connectivity index (χ4v) is 2.90. The second-order valence-corrected chi connectivity index (χ2v) is 6.41. The van der Waals surface area contributed by atoms with Gasteiger partial charge in [-0.3, -0.25) is 9.59 Å². The van der Waals surface area contributed by atoms with Crippen molar-refractivity contribution in [1.29, 1.82) is 0 Å². The summed E-state index contributed by atoms with van der Waals surface area (Å²) >= 11 is 6.00. The molecule has 0 spiro atoms. The lowest BCUT2D eigenvalue weighted by Gasteiger charge is -2.28. The van der Waals surface area contributed by atoms with Crippen molar-refractivity contribution in [3.8, 4) is 5.75 Å². The van der Waals surface area contributed by atoms with Crippen LogP contribution in [0.3, 0.4) is 0 Å². The Hall–Kier alpha value is -2.53. The number of benzene rings is 2. The van der Waals surface area contributed by atoms with E-state index in [2.05, 4.69) is 5.32 Å². The number of ether oxygens (including phenoxy) is 1. The molecule has 2 aromatic carbocycles. The van der Waals surface area contributed by atoms with Crippen LogP contribution in [0.1, 0.15) is 18.1 Å². The van der Waals surface area contributed by atoms with Gasteiger partial charge >= 0.3 is 0 Å². The van der Waals surface area contributed by atoms with Gasteiger partial charge in [0.1, 0.15) is 11.8 Å². The Morgan fingerprint density at radius 1 is 1.15 bits per heavy atom. The molecule has 0 heterocycles. The quantitative estimate of drug-likeness (QED) is 0.810. The highest BCUT2D eigenvalue weighted by Crippen LogP contribution is 2.18. The Bertz CT molecular complexity index is 779. The number of rotatable bonds is 7.